The molecule has 0 spiro atoms. The van der Waals surface area contributed by atoms with Gasteiger partial charge in [0.05, 0.1) is 13.2 Å². The Balaban J connectivity index is 1.82. The molecule has 22 heavy (non-hydrogen) atoms. The lowest BCUT2D eigenvalue weighted by molar-refractivity contribution is 0.0517. The van der Waals surface area contributed by atoms with Crippen molar-refractivity contribution in [3.05, 3.63) is 0 Å². The predicted octanol–water partition coefficient (Wildman–Crippen LogP) is 0.690. The van der Waals surface area contributed by atoms with Crippen molar-refractivity contribution >= 4 is 6.03 Å². The lowest BCUT2D eigenvalue weighted by Crippen LogP contribution is -2.54. The molecule has 2 aliphatic heterocycles. The molecule has 128 valence electrons. The first kappa shape index (κ1) is 17.5. The summed E-state index contributed by atoms with van der Waals surface area (Å²) in [6.45, 7) is 12.4. The van der Waals surface area contributed by atoms with E-state index in [2.05, 4.69) is 36.0 Å². The SMILES string of the molecule is CC(C)CC(CNC(=O)N1CCOCC1)N1CCN(C)CC1. The molecule has 1 atom stereocenters. The van der Waals surface area contributed by atoms with Gasteiger partial charge in [0.1, 0.15) is 0 Å². The molecule has 0 saturated carbocycles. The van der Waals surface area contributed by atoms with Crippen LogP contribution in [0.4, 0.5) is 4.79 Å². The Hall–Kier alpha value is -0.850. The third-order valence-electron chi connectivity index (χ3n) is 4.58. The first-order chi connectivity index (χ1) is 10.6. The van der Waals surface area contributed by atoms with E-state index in [0.29, 0.717) is 38.3 Å². The molecule has 1 unspecified atom stereocenters. The minimum Gasteiger partial charge on any atom is -0.378 e. The van der Waals surface area contributed by atoms with Crippen LogP contribution in [0.5, 0.6) is 0 Å². The number of rotatable bonds is 5. The zero-order valence-electron chi connectivity index (χ0n) is 14.4. The topological polar surface area (TPSA) is 48.1 Å². The van der Waals surface area contributed by atoms with Crippen molar-refractivity contribution in [2.24, 2.45) is 5.92 Å². The molecule has 2 saturated heterocycles. The van der Waals surface area contributed by atoms with Gasteiger partial charge in [0, 0.05) is 51.9 Å². The molecule has 6 nitrogen and oxygen atoms in total. The van der Waals surface area contributed by atoms with E-state index < -0.39 is 0 Å². The zero-order valence-corrected chi connectivity index (χ0v) is 14.4. The molecule has 0 aromatic rings. The first-order valence-electron chi connectivity index (χ1n) is 8.59. The molecule has 2 fully saturated rings. The molecule has 6 heteroatoms. The van der Waals surface area contributed by atoms with Crippen LogP contribution in [0.15, 0.2) is 0 Å². The summed E-state index contributed by atoms with van der Waals surface area (Å²) in [5.41, 5.74) is 0. The number of nitrogens with one attached hydrogen (secondary N) is 1. The van der Waals surface area contributed by atoms with Crippen molar-refractivity contribution in [3.63, 3.8) is 0 Å². The largest absolute Gasteiger partial charge is 0.378 e. The highest BCUT2D eigenvalue weighted by molar-refractivity contribution is 5.74. The van der Waals surface area contributed by atoms with Gasteiger partial charge in [0.25, 0.3) is 0 Å². The van der Waals surface area contributed by atoms with E-state index in [4.69, 9.17) is 4.74 Å². The summed E-state index contributed by atoms with van der Waals surface area (Å²) in [6, 6.07) is 0.505. The second-order valence-electron chi connectivity index (χ2n) is 6.91. The molecule has 0 aromatic carbocycles. The minimum atomic E-state index is 0.0613. The Morgan fingerprint density at radius 2 is 1.73 bits per heavy atom. The summed E-state index contributed by atoms with van der Waals surface area (Å²) in [5, 5.41) is 3.14. The molecule has 0 radical (unpaired) electrons. The number of likely N-dealkylation sites (N-methyl/N-ethyl adjacent to an activating group) is 1. The van der Waals surface area contributed by atoms with E-state index in [1.807, 2.05) is 4.90 Å². The van der Waals surface area contributed by atoms with Crippen molar-refractivity contribution in [1.82, 2.24) is 20.0 Å². The zero-order chi connectivity index (χ0) is 15.9. The van der Waals surface area contributed by atoms with Gasteiger partial charge < -0.3 is 19.9 Å². The standard InChI is InChI=1S/C16H32N4O2/c1-14(2)12-15(19-6-4-18(3)5-7-19)13-17-16(21)20-8-10-22-11-9-20/h14-15H,4-13H2,1-3H3,(H,17,21). The Labute approximate surface area is 134 Å². The van der Waals surface area contributed by atoms with Gasteiger partial charge in [-0.05, 0) is 19.4 Å². The number of hydrogen-bond acceptors (Lipinski definition) is 4. The van der Waals surface area contributed by atoms with E-state index >= 15 is 0 Å². The maximum absolute atomic E-state index is 12.3. The summed E-state index contributed by atoms with van der Waals surface area (Å²) >= 11 is 0. The maximum atomic E-state index is 12.3. The van der Waals surface area contributed by atoms with Gasteiger partial charge in [0.15, 0.2) is 0 Å². The van der Waals surface area contributed by atoms with Crippen LogP contribution in [0.2, 0.25) is 0 Å². The van der Waals surface area contributed by atoms with Crippen LogP contribution in [0.1, 0.15) is 20.3 Å². The van der Waals surface area contributed by atoms with Crippen LogP contribution in [0, 0.1) is 5.92 Å². The number of morpholine rings is 1. The monoisotopic (exact) mass is 312 g/mol. The summed E-state index contributed by atoms with van der Waals surface area (Å²) in [7, 11) is 2.18. The molecule has 0 aliphatic carbocycles. The Morgan fingerprint density at radius 3 is 2.32 bits per heavy atom. The summed E-state index contributed by atoms with van der Waals surface area (Å²) in [6.07, 6.45) is 1.13. The highest BCUT2D eigenvalue weighted by atomic mass is 16.5. The summed E-state index contributed by atoms with van der Waals surface area (Å²) in [4.78, 5) is 19.0. The fraction of sp³-hybridized carbons (Fsp3) is 0.938. The number of ether oxygens (including phenoxy) is 1. The normalized spacial score (nSPS) is 22.8. The number of nitrogens with zero attached hydrogens (tertiary/aromatic N) is 3. The molecule has 2 heterocycles. The molecule has 2 aliphatic rings. The highest BCUT2D eigenvalue weighted by Crippen LogP contribution is 2.13. The van der Waals surface area contributed by atoms with Gasteiger partial charge in [-0.2, -0.15) is 0 Å². The van der Waals surface area contributed by atoms with Crippen molar-refractivity contribution in [2.45, 2.75) is 26.3 Å². The van der Waals surface area contributed by atoms with Gasteiger partial charge in [-0.1, -0.05) is 13.8 Å². The van der Waals surface area contributed by atoms with Crippen molar-refractivity contribution in [3.8, 4) is 0 Å². The lowest BCUT2D eigenvalue weighted by Gasteiger charge is -2.39. The second kappa shape index (κ2) is 8.70. The molecule has 0 bridgehead atoms. The fourth-order valence-electron chi connectivity index (χ4n) is 3.18. The van der Waals surface area contributed by atoms with Gasteiger partial charge in [-0.3, -0.25) is 4.90 Å². The number of piperazine rings is 1. The van der Waals surface area contributed by atoms with Crippen LogP contribution in [-0.2, 0) is 4.74 Å². The quantitative estimate of drug-likeness (QED) is 0.811. The van der Waals surface area contributed by atoms with Gasteiger partial charge in [0.2, 0.25) is 0 Å². The Bertz CT molecular complexity index is 337. The Morgan fingerprint density at radius 1 is 1.09 bits per heavy atom. The van der Waals surface area contributed by atoms with E-state index in [-0.39, 0.29) is 6.03 Å². The minimum absolute atomic E-state index is 0.0613. The van der Waals surface area contributed by atoms with Crippen LogP contribution >= 0.6 is 0 Å². The summed E-state index contributed by atoms with van der Waals surface area (Å²) < 4.78 is 5.30. The smallest absolute Gasteiger partial charge is 0.317 e. The van der Waals surface area contributed by atoms with Crippen LogP contribution in [0.3, 0.4) is 0 Å². The van der Waals surface area contributed by atoms with E-state index in [1.165, 1.54) is 0 Å². The Kier molecular flexibility index (Phi) is 6.92. The van der Waals surface area contributed by atoms with Crippen LogP contribution < -0.4 is 5.32 Å². The average Bonchev–Trinajstić information content (AvgIpc) is 2.52. The first-order valence-corrected chi connectivity index (χ1v) is 8.59. The van der Waals surface area contributed by atoms with Gasteiger partial charge in [-0.15, -0.1) is 0 Å². The van der Waals surface area contributed by atoms with E-state index in [1.54, 1.807) is 0 Å². The summed E-state index contributed by atoms with van der Waals surface area (Å²) in [5.74, 6) is 0.643. The highest BCUT2D eigenvalue weighted by Gasteiger charge is 2.25. The molecule has 2 rings (SSSR count). The third kappa shape index (κ3) is 5.41. The predicted molar refractivity (Wildman–Crippen MR) is 88.1 cm³/mol. The van der Waals surface area contributed by atoms with E-state index in [9.17, 15) is 4.79 Å². The third-order valence-corrected chi connectivity index (χ3v) is 4.58. The van der Waals surface area contributed by atoms with Crippen LogP contribution in [0.25, 0.3) is 0 Å². The second-order valence-corrected chi connectivity index (χ2v) is 6.91. The molecule has 0 aromatic heterocycles. The number of hydrogen-bond donors (Lipinski definition) is 1. The number of carbonyl (C=O) groups is 1. The van der Waals surface area contributed by atoms with Gasteiger partial charge >= 0.3 is 6.03 Å². The van der Waals surface area contributed by atoms with Gasteiger partial charge in [-0.25, -0.2) is 4.79 Å². The molecule has 2 amide bonds. The van der Waals surface area contributed by atoms with Crippen molar-refractivity contribution in [1.29, 1.82) is 0 Å². The molecular weight excluding hydrogens is 280 g/mol. The molecular formula is C16H32N4O2. The average molecular weight is 312 g/mol. The lowest BCUT2D eigenvalue weighted by atomic mass is 10.0. The number of amides is 2. The molecule has 1 N–H and O–H groups in total. The van der Waals surface area contributed by atoms with Crippen molar-refractivity contribution < 1.29 is 9.53 Å². The maximum Gasteiger partial charge on any atom is 0.317 e. The van der Waals surface area contributed by atoms with E-state index in [0.717, 1.165) is 39.1 Å². The number of urea groups is 1. The number of carbonyl (C=O) groups excluding carboxylic acids is 1. The fourth-order valence-corrected chi connectivity index (χ4v) is 3.18. The van der Waals surface area contributed by atoms with Crippen molar-refractivity contribution in [2.75, 3.05) is 66.1 Å². The van der Waals surface area contributed by atoms with Crippen LogP contribution in [-0.4, -0.2) is 92.8 Å².